The summed E-state index contributed by atoms with van der Waals surface area (Å²) in [6, 6.07) is 15.0. The van der Waals surface area contributed by atoms with Gasteiger partial charge in [0.2, 0.25) is 0 Å². The molecule has 0 spiro atoms. The third kappa shape index (κ3) is 3.32. The first kappa shape index (κ1) is 19.7. The minimum absolute atomic E-state index is 0.118. The molecule has 2 amide bonds. The van der Waals surface area contributed by atoms with Crippen LogP contribution in [0.15, 0.2) is 53.1 Å². The number of carboxylic acid groups (broad SMARTS) is 1. The predicted molar refractivity (Wildman–Crippen MR) is 112 cm³/mol. The summed E-state index contributed by atoms with van der Waals surface area (Å²) in [6.45, 7) is 3.89. The smallest absolute Gasteiger partial charge is 0.325 e. The van der Waals surface area contributed by atoms with Gasteiger partial charge in [-0.3, -0.25) is 9.69 Å². The van der Waals surface area contributed by atoms with Crippen LogP contribution in [0.2, 0.25) is 0 Å². The number of urea groups is 1. The standard InChI is InChI=1S/C23H23N3O4/c1-14-21(15(2)30-24-14)17-9-10-19-18(13-17)22(16-7-5-4-6-8-16)26(12-11-20(27)28)23(29)25(19)3/h4-10,13,22H,11-12H2,1-3H3,(H,27,28). The summed E-state index contributed by atoms with van der Waals surface area (Å²) in [6.07, 6.45) is -0.123. The van der Waals surface area contributed by atoms with Crippen LogP contribution < -0.4 is 4.90 Å². The van der Waals surface area contributed by atoms with Gasteiger partial charge in [-0.15, -0.1) is 0 Å². The number of hydrogen-bond donors (Lipinski definition) is 1. The quantitative estimate of drug-likeness (QED) is 0.680. The van der Waals surface area contributed by atoms with Gasteiger partial charge in [0.15, 0.2) is 0 Å². The molecule has 2 heterocycles. The van der Waals surface area contributed by atoms with E-state index < -0.39 is 5.97 Å². The second-order valence-corrected chi connectivity index (χ2v) is 7.46. The summed E-state index contributed by atoms with van der Waals surface area (Å²) in [7, 11) is 1.71. The Morgan fingerprint density at radius 3 is 2.53 bits per heavy atom. The summed E-state index contributed by atoms with van der Waals surface area (Å²) >= 11 is 0. The van der Waals surface area contributed by atoms with E-state index >= 15 is 0 Å². The largest absolute Gasteiger partial charge is 0.481 e. The number of aliphatic carboxylic acids is 1. The highest BCUT2D eigenvalue weighted by Crippen LogP contribution is 2.42. The zero-order valence-electron chi connectivity index (χ0n) is 17.1. The normalized spacial score (nSPS) is 16.0. The monoisotopic (exact) mass is 405 g/mol. The molecule has 30 heavy (non-hydrogen) atoms. The number of amides is 2. The summed E-state index contributed by atoms with van der Waals surface area (Å²) in [5.41, 5.74) is 5.35. The van der Waals surface area contributed by atoms with E-state index in [1.165, 1.54) is 0 Å². The van der Waals surface area contributed by atoms with E-state index in [2.05, 4.69) is 11.2 Å². The average molecular weight is 405 g/mol. The molecular formula is C23H23N3O4. The number of carbonyl (C=O) groups excluding carboxylic acids is 1. The van der Waals surface area contributed by atoms with Gasteiger partial charge in [-0.1, -0.05) is 41.6 Å². The van der Waals surface area contributed by atoms with Crippen LogP contribution in [0.25, 0.3) is 11.1 Å². The van der Waals surface area contributed by atoms with Crippen molar-refractivity contribution in [1.82, 2.24) is 10.1 Å². The van der Waals surface area contributed by atoms with E-state index in [4.69, 9.17) is 4.52 Å². The highest BCUT2D eigenvalue weighted by atomic mass is 16.5. The second kappa shape index (κ2) is 7.67. The third-order valence-corrected chi connectivity index (χ3v) is 5.53. The number of rotatable bonds is 5. The van der Waals surface area contributed by atoms with E-state index in [0.29, 0.717) is 0 Å². The molecule has 1 atom stereocenters. The number of benzene rings is 2. The molecule has 1 aromatic heterocycles. The van der Waals surface area contributed by atoms with Gasteiger partial charge in [-0.2, -0.15) is 0 Å². The summed E-state index contributed by atoms with van der Waals surface area (Å²) < 4.78 is 5.34. The van der Waals surface area contributed by atoms with Crippen LogP contribution >= 0.6 is 0 Å². The molecular weight excluding hydrogens is 382 g/mol. The first-order valence-electron chi connectivity index (χ1n) is 9.76. The maximum absolute atomic E-state index is 13.1. The summed E-state index contributed by atoms with van der Waals surface area (Å²) in [4.78, 5) is 27.6. The van der Waals surface area contributed by atoms with Gasteiger partial charge in [-0.25, -0.2) is 4.79 Å². The molecule has 2 aromatic carbocycles. The van der Waals surface area contributed by atoms with E-state index in [1.807, 2.05) is 56.3 Å². The van der Waals surface area contributed by atoms with Crippen molar-refractivity contribution >= 4 is 17.7 Å². The van der Waals surface area contributed by atoms with Crippen molar-refractivity contribution in [2.45, 2.75) is 26.3 Å². The number of nitrogens with zero attached hydrogens (tertiary/aromatic N) is 3. The van der Waals surface area contributed by atoms with Crippen LogP contribution in [-0.2, 0) is 4.79 Å². The number of carboxylic acids is 1. The Balaban J connectivity index is 1.90. The van der Waals surface area contributed by atoms with E-state index in [9.17, 15) is 14.7 Å². The molecule has 1 aliphatic heterocycles. The molecule has 0 aliphatic carbocycles. The molecule has 7 nitrogen and oxygen atoms in total. The minimum atomic E-state index is -0.937. The van der Waals surface area contributed by atoms with Crippen molar-refractivity contribution in [1.29, 1.82) is 0 Å². The first-order chi connectivity index (χ1) is 14.4. The van der Waals surface area contributed by atoms with Gasteiger partial charge in [0.05, 0.1) is 23.8 Å². The SMILES string of the molecule is Cc1noc(C)c1-c1ccc2c(c1)C(c1ccccc1)N(CCC(=O)O)C(=O)N2C. The Labute approximate surface area is 174 Å². The number of aromatic nitrogens is 1. The van der Waals surface area contributed by atoms with Crippen molar-refractivity contribution in [3.8, 4) is 11.1 Å². The van der Waals surface area contributed by atoms with Crippen molar-refractivity contribution < 1.29 is 19.2 Å². The highest BCUT2D eigenvalue weighted by molar-refractivity contribution is 5.96. The van der Waals surface area contributed by atoms with Crippen LogP contribution in [0, 0.1) is 13.8 Å². The first-order valence-corrected chi connectivity index (χ1v) is 9.76. The van der Waals surface area contributed by atoms with Crippen LogP contribution in [0.5, 0.6) is 0 Å². The van der Waals surface area contributed by atoms with Crippen LogP contribution in [0.1, 0.15) is 35.0 Å². The van der Waals surface area contributed by atoms with Gasteiger partial charge in [0, 0.05) is 24.7 Å². The Kier molecular flexibility index (Phi) is 5.03. The lowest BCUT2D eigenvalue weighted by molar-refractivity contribution is -0.137. The molecule has 1 unspecified atom stereocenters. The second-order valence-electron chi connectivity index (χ2n) is 7.46. The summed E-state index contributed by atoms with van der Waals surface area (Å²) in [5, 5.41) is 13.3. The van der Waals surface area contributed by atoms with Crippen LogP contribution in [0.4, 0.5) is 10.5 Å². The number of aryl methyl sites for hydroxylation is 2. The zero-order valence-corrected chi connectivity index (χ0v) is 17.1. The fourth-order valence-corrected chi connectivity index (χ4v) is 4.14. The highest BCUT2D eigenvalue weighted by Gasteiger charge is 2.37. The lowest BCUT2D eigenvalue weighted by Crippen LogP contribution is -2.48. The minimum Gasteiger partial charge on any atom is -0.481 e. The van der Waals surface area contributed by atoms with Gasteiger partial charge < -0.3 is 14.5 Å². The topological polar surface area (TPSA) is 86.9 Å². The number of hydrogen-bond acceptors (Lipinski definition) is 4. The van der Waals surface area contributed by atoms with Gasteiger partial charge in [0.1, 0.15) is 5.76 Å². The molecule has 7 heteroatoms. The lowest BCUT2D eigenvalue weighted by atomic mass is 9.90. The maximum atomic E-state index is 13.1. The Morgan fingerprint density at radius 1 is 1.17 bits per heavy atom. The van der Waals surface area contributed by atoms with Gasteiger partial charge in [-0.05, 0) is 37.1 Å². The van der Waals surface area contributed by atoms with Gasteiger partial charge >= 0.3 is 12.0 Å². The molecule has 0 saturated heterocycles. The van der Waals surface area contributed by atoms with Crippen LogP contribution in [0.3, 0.4) is 0 Å². The fourth-order valence-electron chi connectivity index (χ4n) is 4.14. The van der Waals surface area contributed by atoms with E-state index in [0.717, 1.165) is 39.4 Å². The molecule has 0 fully saturated rings. The van der Waals surface area contributed by atoms with Crippen molar-refractivity contribution in [3.63, 3.8) is 0 Å². The molecule has 0 radical (unpaired) electrons. The molecule has 0 bridgehead atoms. The number of carbonyl (C=O) groups is 2. The van der Waals surface area contributed by atoms with Crippen molar-refractivity contribution in [2.75, 3.05) is 18.5 Å². The van der Waals surface area contributed by atoms with E-state index in [-0.39, 0.29) is 25.0 Å². The van der Waals surface area contributed by atoms with E-state index in [1.54, 1.807) is 16.8 Å². The van der Waals surface area contributed by atoms with Crippen LogP contribution in [-0.4, -0.2) is 40.8 Å². The van der Waals surface area contributed by atoms with Gasteiger partial charge in [0.25, 0.3) is 0 Å². The van der Waals surface area contributed by atoms with Crippen molar-refractivity contribution in [3.05, 3.63) is 71.1 Å². The number of fused-ring (bicyclic) bond motifs is 1. The predicted octanol–water partition coefficient (Wildman–Crippen LogP) is 4.39. The number of anilines is 1. The Morgan fingerprint density at radius 2 is 1.90 bits per heavy atom. The molecule has 154 valence electrons. The average Bonchev–Trinajstić information content (AvgIpc) is 3.07. The molecule has 0 saturated carbocycles. The Bertz CT molecular complexity index is 1090. The zero-order chi connectivity index (χ0) is 21.4. The molecule has 1 aliphatic rings. The molecule has 1 N–H and O–H groups in total. The van der Waals surface area contributed by atoms with Crippen molar-refractivity contribution in [2.24, 2.45) is 0 Å². The maximum Gasteiger partial charge on any atom is 0.325 e. The third-order valence-electron chi connectivity index (χ3n) is 5.53. The fraction of sp³-hybridized carbons (Fsp3) is 0.261. The summed E-state index contributed by atoms with van der Waals surface area (Å²) in [5.74, 6) is -0.209. The Hall–Kier alpha value is -3.61. The molecule has 3 aromatic rings. The molecule has 4 rings (SSSR count). The lowest BCUT2D eigenvalue weighted by Gasteiger charge is -2.41.